The summed E-state index contributed by atoms with van der Waals surface area (Å²) in [6.07, 6.45) is 2.79. The van der Waals surface area contributed by atoms with Crippen LogP contribution >= 0.6 is 0 Å². The highest BCUT2D eigenvalue weighted by atomic mass is 19.1. The van der Waals surface area contributed by atoms with E-state index in [1.165, 1.54) is 24.1 Å². The normalized spacial score (nSPS) is 23.4. The minimum Gasteiger partial charge on any atom is -0.492 e. The average molecular weight is 641 g/mol. The summed E-state index contributed by atoms with van der Waals surface area (Å²) in [5.74, 6) is -1.95. The van der Waals surface area contributed by atoms with Gasteiger partial charge in [0, 0.05) is 67.6 Å². The second-order valence-electron chi connectivity index (χ2n) is 11.9. The van der Waals surface area contributed by atoms with Gasteiger partial charge < -0.3 is 29.2 Å². The molecular formula is C29H33FN8O8. The van der Waals surface area contributed by atoms with Gasteiger partial charge in [-0.05, 0) is 31.4 Å². The van der Waals surface area contributed by atoms with E-state index in [-0.39, 0.29) is 47.4 Å². The molecule has 1 aromatic carbocycles. The van der Waals surface area contributed by atoms with Gasteiger partial charge in [-0.2, -0.15) is 0 Å². The molecule has 0 spiro atoms. The lowest BCUT2D eigenvalue weighted by Crippen LogP contribution is -2.52. The number of aromatic carboxylic acids is 1. The van der Waals surface area contributed by atoms with E-state index >= 15 is 4.39 Å². The Labute approximate surface area is 259 Å². The molecule has 4 unspecified atom stereocenters. The lowest BCUT2D eigenvalue weighted by Gasteiger charge is -2.41. The third kappa shape index (κ3) is 5.51. The number of carboxylic acids is 1. The van der Waals surface area contributed by atoms with Crippen molar-refractivity contribution in [2.24, 2.45) is 5.11 Å². The molecule has 0 bridgehead atoms. The van der Waals surface area contributed by atoms with E-state index in [2.05, 4.69) is 15.0 Å². The second-order valence-corrected chi connectivity index (χ2v) is 11.9. The Hall–Kier alpha value is -4.70. The number of methoxy groups -OCH3 is 1. The highest BCUT2D eigenvalue weighted by molar-refractivity contribution is 5.97. The number of aromatic amines is 1. The summed E-state index contributed by atoms with van der Waals surface area (Å²) < 4.78 is 30.2. The SMILES string of the molecule is COc1c(N2CCN(Cc3cn(C4CC(N=[N+]=[N-])C(CO)O4)c(=O)[nH]c3=O)C(C)C2)c(F)cc2c(=O)c(C(=O)O)cn(C3CC3)c12. The number of carboxylic acid groups (broad SMARTS) is 1. The van der Waals surface area contributed by atoms with Crippen LogP contribution in [0.2, 0.25) is 0 Å². The smallest absolute Gasteiger partial charge is 0.341 e. The Balaban J connectivity index is 1.27. The Morgan fingerprint density at radius 1 is 1.24 bits per heavy atom. The number of anilines is 1. The molecule has 17 heteroatoms. The molecule has 2 aliphatic heterocycles. The van der Waals surface area contributed by atoms with Gasteiger partial charge in [0.15, 0.2) is 11.6 Å². The van der Waals surface area contributed by atoms with E-state index < -0.39 is 59.0 Å². The molecular weight excluding hydrogens is 607 g/mol. The number of pyridine rings is 1. The summed E-state index contributed by atoms with van der Waals surface area (Å²) in [6, 6.07) is 0.171. The number of nitrogens with one attached hydrogen (secondary N) is 1. The van der Waals surface area contributed by atoms with Crippen LogP contribution in [0.3, 0.4) is 0 Å². The van der Waals surface area contributed by atoms with Crippen LogP contribution in [0.15, 0.2) is 38.0 Å². The van der Waals surface area contributed by atoms with Gasteiger partial charge in [0.2, 0.25) is 5.43 Å². The third-order valence-corrected chi connectivity index (χ3v) is 8.96. The van der Waals surface area contributed by atoms with Crippen molar-refractivity contribution in [3.63, 3.8) is 0 Å². The first-order chi connectivity index (χ1) is 22.1. The minimum absolute atomic E-state index is 0.0281. The quantitative estimate of drug-likeness (QED) is 0.175. The van der Waals surface area contributed by atoms with Crippen LogP contribution in [0, 0.1) is 5.82 Å². The summed E-state index contributed by atoms with van der Waals surface area (Å²) in [5.41, 5.74) is 7.15. The number of azide groups is 1. The van der Waals surface area contributed by atoms with Gasteiger partial charge in [0.1, 0.15) is 17.5 Å². The number of carbonyl (C=O) groups is 1. The molecule has 1 aliphatic carbocycles. The number of ether oxygens (including phenoxy) is 2. The van der Waals surface area contributed by atoms with E-state index in [1.807, 2.05) is 16.7 Å². The van der Waals surface area contributed by atoms with Crippen LogP contribution < -0.4 is 26.3 Å². The molecule has 4 heterocycles. The number of rotatable bonds is 9. The van der Waals surface area contributed by atoms with Gasteiger partial charge in [0.05, 0.1) is 36.8 Å². The number of aliphatic hydroxyl groups excluding tert-OH is 1. The number of aromatic nitrogens is 3. The Bertz CT molecular complexity index is 1930. The average Bonchev–Trinajstić information content (AvgIpc) is 3.79. The number of hydrogen-bond acceptors (Lipinski definition) is 10. The van der Waals surface area contributed by atoms with E-state index in [4.69, 9.17) is 15.0 Å². The predicted octanol–water partition coefficient (Wildman–Crippen LogP) is 1.70. The molecule has 3 N–H and O–H groups in total. The predicted molar refractivity (Wildman–Crippen MR) is 162 cm³/mol. The van der Waals surface area contributed by atoms with Crippen molar-refractivity contribution in [3.8, 4) is 5.75 Å². The number of nitrogens with zero attached hydrogens (tertiary/aromatic N) is 7. The first-order valence-corrected chi connectivity index (χ1v) is 14.9. The molecule has 3 fully saturated rings. The van der Waals surface area contributed by atoms with E-state index in [0.29, 0.717) is 25.2 Å². The lowest BCUT2D eigenvalue weighted by molar-refractivity contribution is -0.0272. The highest BCUT2D eigenvalue weighted by Gasteiger charge is 2.37. The number of fused-ring (bicyclic) bond motifs is 1. The third-order valence-electron chi connectivity index (χ3n) is 8.96. The summed E-state index contributed by atoms with van der Waals surface area (Å²) in [4.78, 5) is 59.2. The molecule has 244 valence electrons. The zero-order valence-electron chi connectivity index (χ0n) is 25.1. The second kappa shape index (κ2) is 12.2. The first-order valence-electron chi connectivity index (χ1n) is 14.9. The number of H-pyrrole nitrogens is 1. The minimum atomic E-state index is -1.38. The van der Waals surface area contributed by atoms with Crippen LogP contribution in [0.1, 0.15) is 54.4 Å². The maximum Gasteiger partial charge on any atom is 0.341 e. The van der Waals surface area contributed by atoms with Crippen molar-refractivity contribution < 1.29 is 28.9 Å². The molecule has 16 nitrogen and oxygen atoms in total. The number of aliphatic hydroxyl groups is 1. The molecule has 3 aromatic rings. The van der Waals surface area contributed by atoms with Crippen LogP contribution in [-0.4, -0.2) is 86.7 Å². The van der Waals surface area contributed by atoms with E-state index in [1.54, 1.807) is 4.57 Å². The van der Waals surface area contributed by atoms with E-state index in [0.717, 1.165) is 18.9 Å². The van der Waals surface area contributed by atoms with Crippen molar-refractivity contribution >= 4 is 22.6 Å². The Morgan fingerprint density at radius 3 is 2.63 bits per heavy atom. The van der Waals surface area contributed by atoms with Gasteiger partial charge >= 0.3 is 11.7 Å². The van der Waals surface area contributed by atoms with Crippen molar-refractivity contribution in [2.75, 3.05) is 38.3 Å². The van der Waals surface area contributed by atoms with Crippen LogP contribution in [0.5, 0.6) is 5.75 Å². The molecule has 1 saturated carbocycles. The number of benzene rings is 1. The van der Waals surface area contributed by atoms with Crippen molar-refractivity contribution in [1.29, 1.82) is 0 Å². The maximum absolute atomic E-state index is 15.8. The molecule has 2 saturated heterocycles. The number of halogens is 1. The van der Waals surface area contributed by atoms with E-state index in [9.17, 15) is 29.4 Å². The largest absolute Gasteiger partial charge is 0.492 e. The number of piperazine rings is 1. The maximum atomic E-state index is 15.8. The standard InChI is InChI=1S/C29H33FN8O8/c1-14-9-36(24-19(30)7-17-23(26(24)45-2)37(16-3-4-16)12-18(25(17)40)28(42)43)6-5-35(14)10-15-11-38(29(44)32-27(15)41)22-8-20(33-34-31)21(13-39)46-22/h7,11-12,14,16,20-22,39H,3-6,8-10,13H2,1-2H3,(H,42,43)(H,32,41,44). The molecule has 0 radical (unpaired) electrons. The number of hydrogen-bond donors (Lipinski definition) is 3. The molecule has 4 atom stereocenters. The molecule has 46 heavy (non-hydrogen) atoms. The molecule has 0 amide bonds. The zero-order valence-corrected chi connectivity index (χ0v) is 25.1. The van der Waals surface area contributed by atoms with Gasteiger partial charge in [0.25, 0.3) is 5.56 Å². The fraction of sp³-hybridized carbons (Fsp3) is 0.517. The Morgan fingerprint density at radius 2 is 2.00 bits per heavy atom. The summed E-state index contributed by atoms with van der Waals surface area (Å²) in [7, 11) is 1.39. The van der Waals surface area contributed by atoms with Gasteiger partial charge in [-0.1, -0.05) is 5.11 Å². The monoisotopic (exact) mass is 640 g/mol. The van der Waals surface area contributed by atoms with Crippen LogP contribution in [0.4, 0.5) is 10.1 Å². The summed E-state index contributed by atoms with van der Waals surface area (Å²) in [6.45, 7) is 2.74. The van der Waals surface area contributed by atoms with Crippen LogP contribution in [0.25, 0.3) is 21.3 Å². The topological polar surface area (TPSA) is 208 Å². The highest BCUT2D eigenvalue weighted by Crippen LogP contribution is 2.44. The zero-order chi connectivity index (χ0) is 32.9. The Kier molecular flexibility index (Phi) is 8.33. The van der Waals surface area contributed by atoms with Gasteiger partial charge in [-0.15, -0.1) is 0 Å². The molecule has 3 aliphatic rings. The van der Waals surface area contributed by atoms with Gasteiger partial charge in [-0.3, -0.25) is 24.0 Å². The van der Waals surface area contributed by atoms with Gasteiger partial charge in [-0.25, -0.2) is 14.0 Å². The first kappa shape index (κ1) is 31.3. The molecule has 6 rings (SSSR count). The summed E-state index contributed by atoms with van der Waals surface area (Å²) >= 11 is 0. The van der Waals surface area contributed by atoms with Crippen LogP contribution in [-0.2, 0) is 11.3 Å². The van der Waals surface area contributed by atoms with Crippen molar-refractivity contribution in [3.05, 3.63) is 76.9 Å². The molecule has 2 aromatic heterocycles. The fourth-order valence-electron chi connectivity index (χ4n) is 6.47. The fourth-order valence-corrected chi connectivity index (χ4v) is 6.47. The van der Waals surface area contributed by atoms with Crippen molar-refractivity contribution in [2.45, 2.75) is 63.2 Å². The summed E-state index contributed by atoms with van der Waals surface area (Å²) in [5, 5.41) is 22.8. The lowest BCUT2D eigenvalue weighted by atomic mass is 10.1. The van der Waals surface area contributed by atoms with Crippen molar-refractivity contribution in [1.82, 2.24) is 19.0 Å².